The van der Waals surface area contributed by atoms with Crippen LogP contribution in [-0.2, 0) is 0 Å². The maximum absolute atomic E-state index is 11.1. The Kier molecular flexibility index (Phi) is 3.51. The summed E-state index contributed by atoms with van der Waals surface area (Å²) in [4.78, 5) is 0. The number of allylic oxidation sites excluding steroid dienone is 2. The zero-order valence-corrected chi connectivity index (χ0v) is 12.4. The molecule has 2 heteroatoms. The molecule has 0 radical (unpaired) electrons. The average molecular weight is 263 g/mol. The number of aliphatic hydroxyl groups is 1. The van der Waals surface area contributed by atoms with Gasteiger partial charge in [0.2, 0.25) is 0 Å². The molecule has 2 saturated carbocycles. The minimum Gasteiger partial charge on any atom is -0.392 e. The number of aliphatic hydroxyl groups excluding tert-OH is 1. The van der Waals surface area contributed by atoms with Crippen LogP contribution in [0.15, 0.2) is 11.6 Å². The Hall–Kier alpha value is -0.340. The molecule has 3 rings (SSSR count). The normalized spacial score (nSPS) is 47.3. The third kappa shape index (κ3) is 2.17. The standard InChI is InChI=1S/C17H29NO/c1-11-5-12(2)7-14(6-11)16(19)17(10-18)9-13-3-4-15(17)8-13/h5,11,13-16,19H,3-4,6-10,18H2,1-2H3. The summed E-state index contributed by atoms with van der Waals surface area (Å²) < 4.78 is 0. The molecule has 0 heterocycles. The molecule has 19 heavy (non-hydrogen) atoms. The lowest BCUT2D eigenvalue weighted by Crippen LogP contribution is -2.49. The fourth-order valence-corrected chi connectivity index (χ4v) is 5.53. The van der Waals surface area contributed by atoms with E-state index in [1.165, 1.54) is 31.3 Å². The molecule has 6 atom stereocenters. The summed E-state index contributed by atoms with van der Waals surface area (Å²) in [5, 5.41) is 11.1. The summed E-state index contributed by atoms with van der Waals surface area (Å²) >= 11 is 0. The first-order valence-corrected chi connectivity index (χ1v) is 8.10. The number of hydrogen-bond acceptors (Lipinski definition) is 2. The molecule has 0 amide bonds. The summed E-state index contributed by atoms with van der Waals surface area (Å²) in [7, 11) is 0. The van der Waals surface area contributed by atoms with Gasteiger partial charge in [0, 0.05) is 12.0 Å². The minimum absolute atomic E-state index is 0.0466. The van der Waals surface area contributed by atoms with Crippen molar-refractivity contribution in [1.82, 2.24) is 0 Å². The van der Waals surface area contributed by atoms with Crippen LogP contribution < -0.4 is 5.73 Å². The van der Waals surface area contributed by atoms with Crippen molar-refractivity contribution in [3.05, 3.63) is 11.6 Å². The highest BCUT2D eigenvalue weighted by Gasteiger charge is 2.55. The topological polar surface area (TPSA) is 46.2 Å². The molecule has 0 aromatic carbocycles. The predicted molar refractivity (Wildman–Crippen MR) is 78.6 cm³/mol. The lowest BCUT2D eigenvalue weighted by atomic mass is 9.63. The molecule has 3 aliphatic rings. The van der Waals surface area contributed by atoms with Crippen LogP contribution in [0.25, 0.3) is 0 Å². The summed E-state index contributed by atoms with van der Waals surface area (Å²) in [6.07, 6.45) is 9.59. The van der Waals surface area contributed by atoms with Crippen molar-refractivity contribution < 1.29 is 5.11 Å². The molecular formula is C17H29NO. The highest BCUT2D eigenvalue weighted by molar-refractivity contribution is 5.12. The molecular weight excluding hydrogens is 234 g/mol. The van der Waals surface area contributed by atoms with Crippen molar-refractivity contribution in [2.75, 3.05) is 6.54 Å². The Morgan fingerprint density at radius 1 is 1.42 bits per heavy atom. The minimum atomic E-state index is -0.182. The van der Waals surface area contributed by atoms with E-state index in [-0.39, 0.29) is 11.5 Å². The van der Waals surface area contributed by atoms with E-state index >= 15 is 0 Å². The summed E-state index contributed by atoms with van der Waals surface area (Å²) in [6, 6.07) is 0. The van der Waals surface area contributed by atoms with E-state index in [1.54, 1.807) is 0 Å². The van der Waals surface area contributed by atoms with E-state index < -0.39 is 0 Å². The van der Waals surface area contributed by atoms with Crippen LogP contribution in [-0.4, -0.2) is 17.8 Å². The van der Waals surface area contributed by atoms with Crippen LogP contribution >= 0.6 is 0 Å². The second kappa shape index (κ2) is 4.89. The molecule has 3 aliphatic carbocycles. The highest BCUT2D eigenvalue weighted by atomic mass is 16.3. The fraction of sp³-hybridized carbons (Fsp3) is 0.882. The van der Waals surface area contributed by atoms with E-state index in [9.17, 15) is 5.11 Å². The third-order valence-corrected chi connectivity index (χ3v) is 6.27. The van der Waals surface area contributed by atoms with Crippen molar-refractivity contribution in [1.29, 1.82) is 0 Å². The fourth-order valence-electron chi connectivity index (χ4n) is 5.53. The number of fused-ring (bicyclic) bond motifs is 2. The predicted octanol–water partition coefficient (Wildman–Crippen LogP) is 3.10. The molecule has 2 fully saturated rings. The quantitative estimate of drug-likeness (QED) is 0.769. The van der Waals surface area contributed by atoms with Crippen molar-refractivity contribution in [2.45, 2.75) is 58.5 Å². The summed E-state index contributed by atoms with van der Waals surface area (Å²) in [6.45, 7) is 5.17. The van der Waals surface area contributed by atoms with Gasteiger partial charge in [-0.25, -0.2) is 0 Å². The van der Waals surface area contributed by atoms with Gasteiger partial charge in [0.1, 0.15) is 0 Å². The van der Waals surface area contributed by atoms with Crippen molar-refractivity contribution in [2.24, 2.45) is 34.8 Å². The van der Waals surface area contributed by atoms with E-state index in [0.717, 1.165) is 18.8 Å². The monoisotopic (exact) mass is 263 g/mol. The Morgan fingerprint density at radius 2 is 2.21 bits per heavy atom. The lowest BCUT2D eigenvalue weighted by Gasteiger charge is -2.45. The van der Waals surface area contributed by atoms with Crippen molar-refractivity contribution in [3.8, 4) is 0 Å². The van der Waals surface area contributed by atoms with E-state index in [0.29, 0.717) is 24.3 Å². The molecule has 2 nitrogen and oxygen atoms in total. The highest BCUT2D eigenvalue weighted by Crippen LogP contribution is 2.58. The second-order valence-corrected chi connectivity index (χ2v) is 7.65. The largest absolute Gasteiger partial charge is 0.392 e. The Balaban J connectivity index is 1.79. The van der Waals surface area contributed by atoms with Crippen molar-refractivity contribution in [3.63, 3.8) is 0 Å². The first kappa shape index (κ1) is 13.6. The maximum atomic E-state index is 11.1. The molecule has 0 aromatic heterocycles. The molecule has 0 aliphatic heterocycles. The average Bonchev–Trinajstić information content (AvgIpc) is 2.97. The summed E-state index contributed by atoms with van der Waals surface area (Å²) in [5.74, 6) is 2.59. The Morgan fingerprint density at radius 3 is 2.74 bits per heavy atom. The lowest BCUT2D eigenvalue weighted by molar-refractivity contribution is -0.0538. The first-order chi connectivity index (χ1) is 9.05. The van der Waals surface area contributed by atoms with Gasteiger partial charge in [-0.05, 0) is 62.7 Å². The van der Waals surface area contributed by atoms with Crippen molar-refractivity contribution >= 4 is 0 Å². The SMILES string of the molecule is CC1=CC(C)CC(C(O)C2(CN)CC3CCC2C3)C1. The van der Waals surface area contributed by atoms with Crippen LogP contribution in [0.2, 0.25) is 0 Å². The van der Waals surface area contributed by atoms with Crippen LogP contribution in [0.4, 0.5) is 0 Å². The molecule has 0 spiro atoms. The van der Waals surface area contributed by atoms with Crippen LogP contribution in [0.3, 0.4) is 0 Å². The van der Waals surface area contributed by atoms with Crippen LogP contribution in [0.1, 0.15) is 52.4 Å². The number of nitrogens with two attached hydrogens (primary N) is 1. The maximum Gasteiger partial charge on any atom is 0.0642 e. The van der Waals surface area contributed by atoms with Crippen LogP contribution in [0.5, 0.6) is 0 Å². The molecule has 108 valence electrons. The van der Waals surface area contributed by atoms with Crippen LogP contribution in [0, 0.1) is 29.1 Å². The second-order valence-electron chi connectivity index (χ2n) is 7.65. The number of rotatable bonds is 3. The first-order valence-electron chi connectivity index (χ1n) is 8.10. The summed E-state index contributed by atoms with van der Waals surface area (Å²) in [5.41, 5.74) is 7.66. The van der Waals surface area contributed by atoms with Gasteiger partial charge in [-0.15, -0.1) is 0 Å². The third-order valence-electron chi connectivity index (χ3n) is 6.27. The molecule has 0 saturated heterocycles. The van der Waals surface area contributed by atoms with Gasteiger partial charge >= 0.3 is 0 Å². The number of hydrogen-bond donors (Lipinski definition) is 2. The van der Waals surface area contributed by atoms with E-state index in [4.69, 9.17) is 5.73 Å². The van der Waals surface area contributed by atoms with Gasteiger partial charge < -0.3 is 10.8 Å². The molecule has 0 aromatic rings. The van der Waals surface area contributed by atoms with Gasteiger partial charge in [-0.3, -0.25) is 0 Å². The molecule has 2 bridgehead atoms. The van der Waals surface area contributed by atoms with Gasteiger partial charge in [-0.1, -0.05) is 25.0 Å². The molecule has 3 N–H and O–H groups in total. The molecule has 6 unspecified atom stereocenters. The van der Waals surface area contributed by atoms with E-state index in [2.05, 4.69) is 19.9 Å². The van der Waals surface area contributed by atoms with Gasteiger partial charge in [0.05, 0.1) is 6.10 Å². The Bertz CT molecular complexity index is 377. The zero-order chi connectivity index (χ0) is 13.6. The van der Waals surface area contributed by atoms with Gasteiger partial charge in [0.25, 0.3) is 0 Å². The smallest absolute Gasteiger partial charge is 0.0642 e. The zero-order valence-electron chi connectivity index (χ0n) is 12.4. The van der Waals surface area contributed by atoms with Gasteiger partial charge in [0.15, 0.2) is 0 Å². The van der Waals surface area contributed by atoms with E-state index in [1.807, 2.05) is 0 Å². The Labute approximate surface area is 117 Å². The van der Waals surface area contributed by atoms with Gasteiger partial charge in [-0.2, -0.15) is 0 Å².